The molecule has 0 aromatic carbocycles. The van der Waals surface area contributed by atoms with Gasteiger partial charge in [-0.15, -0.1) is 0 Å². The summed E-state index contributed by atoms with van der Waals surface area (Å²) in [7, 11) is 9.19. The minimum absolute atomic E-state index is 0.150. The Morgan fingerprint density at radius 2 is 1.96 bits per heavy atom. The number of rotatable bonds is 6. The zero-order valence-electron chi connectivity index (χ0n) is 15.4. The Bertz CT molecular complexity index is 532. The van der Waals surface area contributed by atoms with E-state index in [1.54, 1.807) is 26.1 Å². The van der Waals surface area contributed by atoms with Crippen LogP contribution >= 0.6 is 0 Å². The van der Waals surface area contributed by atoms with Gasteiger partial charge in [0.25, 0.3) is 0 Å². The average molecular weight is 335 g/mol. The molecule has 2 heterocycles. The first-order valence-electron chi connectivity index (χ1n) is 8.34. The van der Waals surface area contributed by atoms with Gasteiger partial charge in [-0.1, -0.05) is 0 Å². The number of piperidine rings is 1. The van der Waals surface area contributed by atoms with Crippen molar-refractivity contribution in [2.75, 3.05) is 53.3 Å². The predicted molar refractivity (Wildman–Crippen MR) is 93.9 cm³/mol. The molecule has 2 rings (SSSR count). The molecule has 0 saturated carbocycles. The van der Waals surface area contributed by atoms with Crippen molar-refractivity contribution in [2.45, 2.75) is 25.5 Å². The van der Waals surface area contributed by atoms with Gasteiger partial charge in [0.1, 0.15) is 0 Å². The van der Waals surface area contributed by atoms with Crippen molar-refractivity contribution in [3.05, 3.63) is 18.0 Å². The summed E-state index contributed by atoms with van der Waals surface area (Å²) in [5.74, 6) is 1.09. The first-order valence-corrected chi connectivity index (χ1v) is 8.34. The van der Waals surface area contributed by atoms with Crippen molar-refractivity contribution in [1.29, 1.82) is 0 Å². The largest absolute Gasteiger partial charge is 0.381 e. The molecule has 1 aromatic heterocycles. The van der Waals surface area contributed by atoms with Crippen molar-refractivity contribution in [3.8, 4) is 0 Å². The van der Waals surface area contributed by atoms with Gasteiger partial charge in [-0.2, -0.15) is 0 Å². The molecule has 1 fully saturated rings. The molecule has 1 aromatic rings. The van der Waals surface area contributed by atoms with Crippen molar-refractivity contribution < 1.29 is 9.53 Å². The van der Waals surface area contributed by atoms with Gasteiger partial charge in [-0.25, -0.2) is 9.97 Å². The zero-order chi connectivity index (χ0) is 17.7. The van der Waals surface area contributed by atoms with Gasteiger partial charge in [0.2, 0.25) is 11.9 Å². The van der Waals surface area contributed by atoms with Gasteiger partial charge in [-0.05, 0) is 6.42 Å². The molecule has 2 atom stereocenters. The molecule has 0 unspecified atom stereocenters. The van der Waals surface area contributed by atoms with E-state index in [0.717, 1.165) is 31.6 Å². The number of carbonyl (C=O) groups is 1. The van der Waals surface area contributed by atoms with E-state index < -0.39 is 0 Å². The molecule has 1 aliphatic heterocycles. The second-order valence-electron chi connectivity index (χ2n) is 6.84. The molecular formula is C17H29N5O2. The van der Waals surface area contributed by atoms with Gasteiger partial charge in [0, 0.05) is 85.2 Å². The summed E-state index contributed by atoms with van der Waals surface area (Å²) in [6.45, 7) is 2.62. The maximum Gasteiger partial charge on any atom is 0.224 e. The first-order chi connectivity index (χ1) is 11.4. The van der Waals surface area contributed by atoms with Crippen molar-refractivity contribution in [3.63, 3.8) is 0 Å². The summed E-state index contributed by atoms with van der Waals surface area (Å²) < 4.78 is 5.60. The molecule has 0 N–H and O–H groups in total. The van der Waals surface area contributed by atoms with Gasteiger partial charge < -0.3 is 14.5 Å². The summed E-state index contributed by atoms with van der Waals surface area (Å²) >= 11 is 0. The molecule has 7 nitrogen and oxygen atoms in total. The lowest BCUT2D eigenvalue weighted by Gasteiger charge is -2.38. The van der Waals surface area contributed by atoms with Crippen LogP contribution in [0, 0.1) is 5.92 Å². The van der Waals surface area contributed by atoms with E-state index in [2.05, 4.69) is 14.9 Å². The minimum atomic E-state index is 0.150. The fourth-order valence-electron chi connectivity index (χ4n) is 3.06. The van der Waals surface area contributed by atoms with E-state index >= 15 is 0 Å². The molecule has 0 bridgehead atoms. The van der Waals surface area contributed by atoms with E-state index in [-0.39, 0.29) is 17.9 Å². The Morgan fingerprint density at radius 3 is 2.50 bits per heavy atom. The summed E-state index contributed by atoms with van der Waals surface area (Å²) in [6, 6.07) is 0. The normalized spacial score (nSPS) is 21.5. The van der Waals surface area contributed by atoms with Crippen molar-refractivity contribution in [2.24, 2.45) is 5.92 Å². The Labute approximate surface area is 144 Å². The first kappa shape index (κ1) is 18.6. The number of likely N-dealkylation sites (tertiary alicyclic amines) is 1. The molecule has 0 radical (unpaired) electrons. The topological polar surface area (TPSA) is 61.8 Å². The second-order valence-corrected chi connectivity index (χ2v) is 6.84. The van der Waals surface area contributed by atoms with E-state index in [1.807, 2.05) is 31.4 Å². The molecule has 1 saturated heterocycles. The average Bonchev–Trinajstić information content (AvgIpc) is 2.55. The number of amides is 1. The van der Waals surface area contributed by atoms with Gasteiger partial charge in [0.15, 0.2) is 0 Å². The van der Waals surface area contributed by atoms with Crippen LogP contribution in [-0.4, -0.2) is 80.2 Å². The van der Waals surface area contributed by atoms with Crippen LogP contribution in [0.2, 0.25) is 0 Å². The van der Waals surface area contributed by atoms with Crippen LogP contribution in [0.1, 0.15) is 18.4 Å². The third kappa shape index (κ3) is 4.88. The highest BCUT2D eigenvalue weighted by Crippen LogP contribution is 2.24. The lowest BCUT2D eigenvalue weighted by molar-refractivity contribution is -0.132. The van der Waals surface area contributed by atoms with Gasteiger partial charge in [0.05, 0.1) is 6.10 Å². The quantitative estimate of drug-likeness (QED) is 0.768. The standard InChI is InChI=1S/C17H29N5O2/c1-20(2)16(23)8-14-12-22(7-6-15(14)24-5)11-13-9-18-17(19-10-13)21(3)4/h9-10,14-15H,6-8,11-12H2,1-5H3/t14-,15-/m1/s1. The smallest absolute Gasteiger partial charge is 0.224 e. The molecule has 1 aliphatic rings. The minimum Gasteiger partial charge on any atom is -0.381 e. The Kier molecular flexibility index (Phi) is 6.51. The highest BCUT2D eigenvalue weighted by Gasteiger charge is 2.31. The number of anilines is 1. The monoisotopic (exact) mass is 335 g/mol. The number of hydrogen-bond acceptors (Lipinski definition) is 6. The van der Waals surface area contributed by atoms with E-state index in [9.17, 15) is 4.79 Å². The van der Waals surface area contributed by atoms with Crippen LogP contribution in [-0.2, 0) is 16.1 Å². The Morgan fingerprint density at radius 1 is 1.29 bits per heavy atom. The number of ether oxygens (including phenoxy) is 1. The molecule has 7 heteroatoms. The van der Waals surface area contributed by atoms with Crippen LogP contribution in [0.4, 0.5) is 5.95 Å². The number of hydrogen-bond donors (Lipinski definition) is 0. The van der Waals surface area contributed by atoms with Crippen LogP contribution in [0.5, 0.6) is 0 Å². The predicted octanol–water partition coefficient (Wildman–Crippen LogP) is 0.858. The van der Waals surface area contributed by atoms with Crippen molar-refractivity contribution in [1.82, 2.24) is 19.8 Å². The van der Waals surface area contributed by atoms with E-state index in [4.69, 9.17) is 4.74 Å². The van der Waals surface area contributed by atoms with Crippen LogP contribution in [0.15, 0.2) is 12.4 Å². The van der Waals surface area contributed by atoms with Crippen LogP contribution in [0.3, 0.4) is 0 Å². The fourth-order valence-corrected chi connectivity index (χ4v) is 3.06. The summed E-state index contributed by atoms with van der Waals surface area (Å²) in [5.41, 5.74) is 1.09. The highest BCUT2D eigenvalue weighted by atomic mass is 16.5. The van der Waals surface area contributed by atoms with Crippen LogP contribution in [0.25, 0.3) is 0 Å². The number of methoxy groups -OCH3 is 1. The Balaban J connectivity index is 1.97. The maximum atomic E-state index is 12.1. The summed E-state index contributed by atoms with van der Waals surface area (Å²) in [5, 5.41) is 0. The maximum absolute atomic E-state index is 12.1. The molecule has 0 aliphatic carbocycles. The fraction of sp³-hybridized carbons (Fsp3) is 0.706. The number of carbonyl (C=O) groups excluding carboxylic acids is 1. The summed E-state index contributed by atoms with van der Waals surface area (Å²) in [6.07, 6.45) is 5.38. The second kappa shape index (κ2) is 8.39. The lowest BCUT2D eigenvalue weighted by Crippen LogP contribution is -2.45. The SMILES string of the molecule is CO[C@@H]1CCN(Cc2cnc(N(C)C)nc2)C[C@H]1CC(=O)N(C)C. The third-order valence-corrected chi connectivity index (χ3v) is 4.48. The number of aromatic nitrogens is 2. The number of nitrogens with zero attached hydrogens (tertiary/aromatic N) is 5. The molecule has 0 spiro atoms. The van der Waals surface area contributed by atoms with E-state index in [1.165, 1.54) is 0 Å². The molecular weight excluding hydrogens is 306 g/mol. The van der Waals surface area contributed by atoms with Crippen molar-refractivity contribution >= 4 is 11.9 Å². The lowest BCUT2D eigenvalue weighted by atomic mass is 9.91. The molecule has 1 amide bonds. The Hall–Kier alpha value is -1.73. The summed E-state index contributed by atoms with van der Waals surface area (Å²) in [4.78, 5) is 26.7. The molecule has 24 heavy (non-hydrogen) atoms. The third-order valence-electron chi connectivity index (χ3n) is 4.48. The highest BCUT2D eigenvalue weighted by molar-refractivity contribution is 5.75. The van der Waals surface area contributed by atoms with Gasteiger partial charge in [-0.3, -0.25) is 9.69 Å². The van der Waals surface area contributed by atoms with E-state index in [0.29, 0.717) is 12.4 Å². The zero-order valence-corrected chi connectivity index (χ0v) is 15.4. The van der Waals surface area contributed by atoms with Gasteiger partial charge >= 0.3 is 0 Å². The molecule has 134 valence electrons. The van der Waals surface area contributed by atoms with Crippen LogP contribution < -0.4 is 4.90 Å².